The topological polar surface area (TPSA) is 73.6 Å². The molecule has 1 aromatic heterocycles. The summed E-state index contributed by atoms with van der Waals surface area (Å²) >= 11 is 0. The van der Waals surface area contributed by atoms with E-state index in [0.717, 1.165) is 11.3 Å². The zero-order valence-electron chi connectivity index (χ0n) is 10.5. The fraction of sp³-hybridized carbons (Fsp3) is 0.385. The number of carboxylic acids is 1. The molecule has 2 aromatic rings. The molecular weight excluding hydrogens is 248 g/mol. The molecule has 0 radical (unpaired) electrons. The van der Waals surface area contributed by atoms with Gasteiger partial charge in [-0.3, -0.25) is 0 Å². The van der Waals surface area contributed by atoms with Gasteiger partial charge in [0.25, 0.3) is 0 Å². The van der Waals surface area contributed by atoms with E-state index in [1.165, 1.54) is 0 Å². The monoisotopic (exact) mass is 262 g/mol. The van der Waals surface area contributed by atoms with Crippen LogP contribution in [0.3, 0.4) is 0 Å². The first kappa shape index (κ1) is 12.1. The molecule has 19 heavy (non-hydrogen) atoms. The summed E-state index contributed by atoms with van der Waals surface area (Å²) in [4.78, 5) is 15.4. The van der Waals surface area contributed by atoms with Crippen molar-refractivity contribution in [3.8, 4) is 0 Å². The number of ether oxygens (including phenoxy) is 2. The Bertz CT molecular complexity index is 629. The maximum atomic E-state index is 11.0. The van der Waals surface area contributed by atoms with Crippen molar-refractivity contribution in [3.63, 3.8) is 0 Å². The Labute approximate surface area is 109 Å². The van der Waals surface area contributed by atoms with Crippen LogP contribution in [0.1, 0.15) is 22.3 Å². The summed E-state index contributed by atoms with van der Waals surface area (Å²) in [6.45, 7) is 1.63. The average Bonchev–Trinajstić information content (AvgIpc) is 2.76. The Hall–Kier alpha value is -1.92. The van der Waals surface area contributed by atoms with E-state index < -0.39 is 5.97 Å². The van der Waals surface area contributed by atoms with Crippen LogP contribution in [0.2, 0.25) is 0 Å². The van der Waals surface area contributed by atoms with Gasteiger partial charge < -0.3 is 19.1 Å². The summed E-state index contributed by atoms with van der Waals surface area (Å²) < 4.78 is 12.9. The number of carbonyl (C=O) groups is 1. The van der Waals surface area contributed by atoms with Gasteiger partial charge in [-0.05, 0) is 18.2 Å². The van der Waals surface area contributed by atoms with E-state index in [4.69, 9.17) is 14.6 Å². The van der Waals surface area contributed by atoms with Gasteiger partial charge in [-0.25, -0.2) is 9.78 Å². The van der Waals surface area contributed by atoms with Crippen LogP contribution in [-0.2, 0) is 16.5 Å². The van der Waals surface area contributed by atoms with Crippen molar-refractivity contribution < 1.29 is 19.4 Å². The molecule has 0 bridgehead atoms. The Morgan fingerprint density at radius 2 is 2.32 bits per heavy atom. The molecule has 1 aromatic carbocycles. The van der Waals surface area contributed by atoms with Gasteiger partial charge in [0.15, 0.2) is 0 Å². The molecule has 6 nitrogen and oxygen atoms in total. The number of nitrogens with zero attached hydrogens (tertiary/aromatic N) is 2. The standard InChI is InChI=1S/C13H14N2O4/c1-15-10-3-2-8(13(16)17)6-9(10)14-12(15)11-7-18-4-5-19-11/h2-3,6,11H,4-5,7H2,1H3,(H,16,17). The molecule has 1 fully saturated rings. The minimum atomic E-state index is -0.952. The lowest BCUT2D eigenvalue weighted by Gasteiger charge is -2.22. The van der Waals surface area contributed by atoms with Gasteiger partial charge in [0, 0.05) is 7.05 Å². The maximum Gasteiger partial charge on any atom is 0.335 e. The quantitative estimate of drug-likeness (QED) is 0.884. The average molecular weight is 262 g/mol. The molecule has 1 aliphatic rings. The van der Waals surface area contributed by atoms with E-state index in [1.54, 1.807) is 18.2 Å². The van der Waals surface area contributed by atoms with Crippen LogP contribution >= 0.6 is 0 Å². The van der Waals surface area contributed by atoms with Crippen molar-refractivity contribution >= 4 is 17.0 Å². The van der Waals surface area contributed by atoms with Crippen molar-refractivity contribution in [3.05, 3.63) is 29.6 Å². The van der Waals surface area contributed by atoms with Gasteiger partial charge in [-0.1, -0.05) is 0 Å². The van der Waals surface area contributed by atoms with E-state index in [0.29, 0.717) is 25.3 Å². The number of hydrogen-bond acceptors (Lipinski definition) is 4. The zero-order chi connectivity index (χ0) is 13.4. The number of aryl methyl sites for hydroxylation is 1. The van der Waals surface area contributed by atoms with Gasteiger partial charge in [0.05, 0.1) is 36.4 Å². The summed E-state index contributed by atoms with van der Waals surface area (Å²) in [6, 6.07) is 4.91. The second-order valence-electron chi connectivity index (χ2n) is 4.47. The number of imidazole rings is 1. The molecule has 1 aliphatic heterocycles. The van der Waals surface area contributed by atoms with Gasteiger partial charge in [0.1, 0.15) is 11.9 Å². The van der Waals surface area contributed by atoms with Crippen LogP contribution in [0.25, 0.3) is 11.0 Å². The number of benzene rings is 1. The highest BCUT2D eigenvalue weighted by molar-refractivity contribution is 5.92. The fourth-order valence-corrected chi connectivity index (χ4v) is 2.28. The summed E-state index contributed by atoms with van der Waals surface area (Å²) in [5.74, 6) is -0.191. The highest BCUT2D eigenvalue weighted by Gasteiger charge is 2.22. The van der Waals surface area contributed by atoms with E-state index in [-0.39, 0.29) is 11.7 Å². The normalized spacial score (nSPS) is 19.7. The minimum absolute atomic E-state index is 0.195. The fourth-order valence-electron chi connectivity index (χ4n) is 2.28. The highest BCUT2D eigenvalue weighted by atomic mass is 16.6. The van der Waals surface area contributed by atoms with E-state index in [2.05, 4.69) is 4.98 Å². The van der Waals surface area contributed by atoms with Crippen LogP contribution in [0.15, 0.2) is 18.2 Å². The maximum absolute atomic E-state index is 11.0. The number of rotatable bonds is 2. The minimum Gasteiger partial charge on any atom is -0.478 e. The van der Waals surface area contributed by atoms with Crippen LogP contribution < -0.4 is 0 Å². The smallest absolute Gasteiger partial charge is 0.335 e. The van der Waals surface area contributed by atoms with Gasteiger partial charge in [-0.2, -0.15) is 0 Å². The zero-order valence-corrected chi connectivity index (χ0v) is 10.5. The third kappa shape index (κ3) is 2.09. The molecule has 0 amide bonds. The molecule has 0 saturated carbocycles. The molecule has 0 spiro atoms. The van der Waals surface area contributed by atoms with Crippen molar-refractivity contribution in [2.75, 3.05) is 19.8 Å². The highest BCUT2D eigenvalue weighted by Crippen LogP contribution is 2.24. The Morgan fingerprint density at radius 3 is 3.00 bits per heavy atom. The molecule has 100 valence electrons. The number of aromatic carboxylic acids is 1. The summed E-state index contributed by atoms with van der Waals surface area (Å²) in [6.07, 6.45) is -0.195. The molecule has 1 N–H and O–H groups in total. The first-order valence-corrected chi connectivity index (χ1v) is 6.06. The van der Waals surface area contributed by atoms with E-state index in [9.17, 15) is 4.79 Å². The summed E-state index contributed by atoms with van der Waals surface area (Å²) in [5.41, 5.74) is 1.78. The van der Waals surface area contributed by atoms with Crippen LogP contribution in [-0.4, -0.2) is 40.4 Å². The second kappa shape index (κ2) is 4.64. The number of fused-ring (bicyclic) bond motifs is 1. The molecule has 1 unspecified atom stereocenters. The van der Waals surface area contributed by atoms with Gasteiger partial charge in [-0.15, -0.1) is 0 Å². The first-order chi connectivity index (χ1) is 9.16. The molecule has 0 aliphatic carbocycles. The second-order valence-corrected chi connectivity index (χ2v) is 4.47. The number of aromatic nitrogens is 2. The third-order valence-electron chi connectivity index (χ3n) is 3.27. The molecule has 6 heteroatoms. The Morgan fingerprint density at radius 1 is 1.47 bits per heavy atom. The van der Waals surface area contributed by atoms with Gasteiger partial charge in [0.2, 0.25) is 0 Å². The number of carboxylic acid groups (broad SMARTS) is 1. The summed E-state index contributed by atoms with van der Waals surface area (Å²) in [5, 5.41) is 8.99. The van der Waals surface area contributed by atoms with Crippen LogP contribution in [0.4, 0.5) is 0 Å². The Balaban J connectivity index is 2.06. The number of hydrogen-bond donors (Lipinski definition) is 1. The lowest BCUT2D eigenvalue weighted by Crippen LogP contribution is -2.24. The van der Waals surface area contributed by atoms with Crippen LogP contribution in [0, 0.1) is 0 Å². The van der Waals surface area contributed by atoms with Crippen molar-refractivity contribution in [2.24, 2.45) is 7.05 Å². The molecule has 3 rings (SSSR count). The summed E-state index contributed by atoms with van der Waals surface area (Å²) in [7, 11) is 1.89. The van der Waals surface area contributed by atoms with E-state index in [1.807, 2.05) is 11.6 Å². The predicted molar refractivity (Wildman–Crippen MR) is 67.2 cm³/mol. The van der Waals surface area contributed by atoms with Crippen LogP contribution in [0.5, 0.6) is 0 Å². The predicted octanol–water partition coefficient (Wildman–Crippen LogP) is 1.36. The lowest BCUT2D eigenvalue weighted by atomic mass is 10.2. The molecular formula is C13H14N2O4. The molecule has 1 atom stereocenters. The van der Waals surface area contributed by atoms with Crippen molar-refractivity contribution in [1.82, 2.24) is 9.55 Å². The van der Waals surface area contributed by atoms with Crippen molar-refractivity contribution in [2.45, 2.75) is 6.10 Å². The Kier molecular flexibility index (Phi) is 2.96. The first-order valence-electron chi connectivity index (χ1n) is 6.06. The van der Waals surface area contributed by atoms with Crippen molar-refractivity contribution in [1.29, 1.82) is 0 Å². The third-order valence-corrected chi connectivity index (χ3v) is 3.27. The SMILES string of the molecule is Cn1c(C2COCCO2)nc2cc(C(=O)O)ccc21. The largest absolute Gasteiger partial charge is 0.478 e. The van der Waals surface area contributed by atoms with E-state index >= 15 is 0 Å². The molecule has 1 saturated heterocycles. The van der Waals surface area contributed by atoms with Gasteiger partial charge >= 0.3 is 5.97 Å². The lowest BCUT2D eigenvalue weighted by molar-refractivity contribution is -0.0942. The molecule has 2 heterocycles.